The monoisotopic (exact) mass is 546 g/mol. The number of nitrogens with one attached hydrogen (secondary N) is 2. The largest absolute Gasteiger partial charge is 0.477 e. The van der Waals surface area contributed by atoms with Crippen LogP contribution in [0.5, 0.6) is 0 Å². The zero-order valence-electron chi connectivity index (χ0n) is 20.9. The van der Waals surface area contributed by atoms with Crippen molar-refractivity contribution in [3.63, 3.8) is 0 Å². The lowest BCUT2D eigenvalue weighted by atomic mass is 10.0. The van der Waals surface area contributed by atoms with Crippen molar-refractivity contribution in [1.82, 2.24) is 14.4 Å². The minimum atomic E-state index is -1.29. The third-order valence-electron chi connectivity index (χ3n) is 8.38. The molecule has 39 heavy (non-hydrogen) atoms. The maximum atomic E-state index is 15.0. The van der Waals surface area contributed by atoms with Crippen LogP contribution in [0.1, 0.15) is 23.2 Å². The maximum Gasteiger partial charge on any atom is 0.341 e. The number of carbonyl (C=O) groups is 1. The highest BCUT2D eigenvalue weighted by molar-refractivity contribution is 6.39. The van der Waals surface area contributed by atoms with Gasteiger partial charge < -0.3 is 26.0 Å². The number of anilines is 2. The second-order valence-electron chi connectivity index (χ2n) is 10.5. The summed E-state index contributed by atoms with van der Waals surface area (Å²) in [6.45, 7) is 1.48. The summed E-state index contributed by atoms with van der Waals surface area (Å²) in [6, 6.07) is 8.02. The van der Waals surface area contributed by atoms with E-state index in [2.05, 4.69) is 15.2 Å². The Balaban J connectivity index is 1.55. The molecule has 4 aromatic heterocycles. The first kappa shape index (κ1) is 23.9. The molecule has 0 amide bonds. The smallest absolute Gasteiger partial charge is 0.341 e. The highest BCUT2D eigenvalue weighted by atomic mass is 35.5. The minimum Gasteiger partial charge on any atom is -0.477 e. The second-order valence-corrected chi connectivity index (χ2v) is 10.9. The molecule has 2 aliphatic rings. The van der Waals surface area contributed by atoms with E-state index in [0.29, 0.717) is 38.7 Å². The van der Waals surface area contributed by atoms with Gasteiger partial charge in [-0.15, -0.1) is 0 Å². The molecule has 5 N–H and O–H groups in total. The van der Waals surface area contributed by atoms with Crippen LogP contribution in [0.15, 0.2) is 47.5 Å². The molecule has 2 fully saturated rings. The van der Waals surface area contributed by atoms with E-state index in [4.69, 9.17) is 22.3 Å². The van der Waals surface area contributed by atoms with Crippen molar-refractivity contribution in [2.24, 2.45) is 11.1 Å². The number of carboxylic acid groups (broad SMARTS) is 1. The molecule has 198 valence electrons. The predicted molar refractivity (Wildman–Crippen MR) is 150 cm³/mol. The Morgan fingerprint density at radius 3 is 2.77 bits per heavy atom. The van der Waals surface area contributed by atoms with E-state index in [1.54, 1.807) is 31.6 Å². The average Bonchev–Trinajstić information content (AvgIpc) is 3.23. The van der Waals surface area contributed by atoms with Crippen LogP contribution in [0.2, 0.25) is 5.02 Å². The van der Waals surface area contributed by atoms with Gasteiger partial charge in [0.15, 0.2) is 0 Å². The number of pyridine rings is 3. The Morgan fingerprint density at radius 1 is 1.31 bits per heavy atom. The Bertz CT molecular complexity index is 1930. The lowest BCUT2D eigenvalue weighted by molar-refractivity contribution is 0.0694. The summed E-state index contributed by atoms with van der Waals surface area (Å²) in [5, 5.41) is 13.7. The highest BCUT2D eigenvalue weighted by Gasteiger charge is 2.55. The molecule has 5 aromatic rings. The van der Waals surface area contributed by atoms with Gasteiger partial charge in [-0.3, -0.25) is 9.20 Å². The van der Waals surface area contributed by atoms with Crippen molar-refractivity contribution < 1.29 is 14.3 Å². The zero-order chi connectivity index (χ0) is 27.2. The van der Waals surface area contributed by atoms with Gasteiger partial charge in [0, 0.05) is 72.1 Å². The van der Waals surface area contributed by atoms with Crippen LogP contribution < -0.4 is 21.5 Å². The summed E-state index contributed by atoms with van der Waals surface area (Å²) in [5.41, 5.74) is 9.93. The first-order valence-corrected chi connectivity index (χ1v) is 13.0. The fourth-order valence-electron chi connectivity index (χ4n) is 6.13. The molecule has 1 saturated carbocycles. The molecule has 1 aliphatic carbocycles. The number of carboxylic acids is 1. The van der Waals surface area contributed by atoms with Crippen molar-refractivity contribution in [3.8, 4) is 11.1 Å². The second kappa shape index (κ2) is 8.17. The van der Waals surface area contributed by atoms with Gasteiger partial charge in [-0.1, -0.05) is 17.7 Å². The fraction of sp³-hybridized carbons (Fsp3) is 0.250. The number of fused-ring (bicyclic) bond motifs is 4. The van der Waals surface area contributed by atoms with Gasteiger partial charge in [0.1, 0.15) is 17.0 Å². The molecule has 2 atom stereocenters. The van der Waals surface area contributed by atoms with Gasteiger partial charge in [0.05, 0.1) is 27.3 Å². The van der Waals surface area contributed by atoms with Crippen LogP contribution in [0.4, 0.5) is 15.8 Å². The number of H-pyrrole nitrogens is 1. The van der Waals surface area contributed by atoms with Crippen molar-refractivity contribution in [2.45, 2.75) is 18.9 Å². The number of aromatic nitrogens is 3. The number of rotatable bonds is 4. The molecular formula is C28H24ClFN6O3. The SMILES string of the molecule is CNc1cc(F)c(Cl)c2c1[nH]c1ncc(-c3ccc4ccc(C(=O)O)c(=O)n4c3)c(N3CC[C@]4(C[C@@H]4N)C3)c12. The number of aromatic amines is 1. The van der Waals surface area contributed by atoms with Gasteiger partial charge in [-0.05, 0) is 31.0 Å². The number of nitrogens with two attached hydrogens (primary N) is 1. The quantitative estimate of drug-likeness (QED) is 0.262. The van der Waals surface area contributed by atoms with Gasteiger partial charge in [-0.2, -0.15) is 0 Å². The number of hydrogen-bond donors (Lipinski definition) is 4. The number of aromatic carboxylic acids is 1. The third kappa shape index (κ3) is 3.38. The summed E-state index contributed by atoms with van der Waals surface area (Å²) in [4.78, 5) is 34.9. The predicted octanol–water partition coefficient (Wildman–Crippen LogP) is 4.46. The molecule has 11 heteroatoms. The van der Waals surface area contributed by atoms with Crippen molar-refractivity contribution in [2.75, 3.05) is 30.4 Å². The molecule has 1 spiro atoms. The number of nitrogens with zero attached hydrogens (tertiary/aromatic N) is 3. The molecule has 1 saturated heterocycles. The Labute approximate surface area is 226 Å². The zero-order valence-corrected chi connectivity index (χ0v) is 21.6. The highest BCUT2D eigenvalue weighted by Crippen LogP contribution is 2.54. The van der Waals surface area contributed by atoms with Gasteiger partial charge in [-0.25, -0.2) is 14.2 Å². The fourth-order valence-corrected chi connectivity index (χ4v) is 6.37. The van der Waals surface area contributed by atoms with Crippen molar-refractivity contribution in [3.05, 3.63) is 69.5 Å². The molecule has 0 radical (unpaired) electrons. The van der Waals surface area contributed by atoms with Crippen LogP contribution in [0, 0.1) is 11.2 Å². The summed E-state index contributed by atoms with van der Waals surface area (Å²) in [7, 11) is 1.71. The molecule has 0 bridgehead atoms. The van der Waals surface area contributed by atoms with E-state index in [9.17, 15) is 14.7 Å². The van der Waals surface area contributed by atoms with Crippen molar-refractivity contribution in [1.29, 1.82) is 0 Å². The number of hydrogen-bond acceptors (Lipinski definition) is 6. The number of halogens is 2. The topological polar surface area (TPSA) is 129 Å². The maximum absolute atomic E-state index is 15.0. The van der Waals surface area contributed by atoms with Crippen LogP contribution in [0.25, 0.3) is 38.6 Å². The van der Waals surface area contributed by atoms with Crippen LogP contribution in [-0.2, 0) is 0 Å². The lowest BCUT2D eigenvalue weighted by Crippen LogP contribution is -2.24. The molecule has 1 aliphatic heterocycles. The van der Waals surface area contributed by atoms with E-state index in [-0.39, 0.29) is 22.0 Å². The minimum absolute atomic E-state index is 0.00619. The Hall–Kier alpha value is -4.15. The molecule has 1 aromatic carbocycles. The third-order valence-corrected chi connectivity index (χ3v) is 8.75. The van der Waals surface area contributed by atoms with E-state index in [0.717, 1.165) is 37.2 Å². The van der Waals surface area contributed by atoms with Crippen LogP contribution in [0.3, 0.4) is 0 Å². The molecule has 0 unspecified atom stereocenters. The average molecular weight is 547 g/mol. The van der Waals surface area contributed by atoms with E-state index >= 15 is 4.39 Å². The van der Waals surface area contributed by atoms with Gasteiger partial charge in [0.2, 0.25) is 0 Å². The number of benzene rings is 1. The molecular weight excluding hydrogens is 523 g/mol. The summed E-state index contributed by atoms with van der Waals surface area (Å²) >= 11 is 6.60. The van der Waals surface area contributed by atoms with Crippen LogP contribution in [-0.4, -0.2) is 51.6 Å². The van der Waals surface area contributed by atoms with Crippen molar-refractivity contribution >= 4 is 56.4 Å². The van der Waals surface area contributed by atoms with Gasteiger partial charge >= 0.3 is 5.97 Å². The van der Waals surface area contributed by atoms with E-state index in [1.807, 2.05) is 6.07 Å². The first-order valence-electron chi connectivity index (χ1n) is 12.6. The normalized spacial score (nSPS) is 20.5. The lowest BCUT2D eigenvalue weighted by Gasteiger charge is -2.24. The Kier molecular flexibility index (Phi) is 5.02. The summed E-state index contributed by atoms with van der Waals surface area (Å²) in [5.74, 6) is -1.84. The molecule has 5 heterocycles. The molecule has 7 rings (SSSR count). The molecule has 9 nitrogen and oxygen atoms in total. The first-order chi connectivity index (χ1) is 18.7. The van der Waals surface area contributed by atoms with Crippen LogP contribution >= 0.6 is 11.6 Å². The van der Waals surface area contributed by atoms with E-state index < -0.39 is 17.3 Å². The Morgan fingerprint density at radius 2 is 2.08 bits per heavy atom. The summed E-state index contributed by atoms with van der Waals surface area (Å²) in [6.07, 6.45) is 5.23. The summed E-state index contributed by atoms with van der Waals surface area (Å²) < 4.78 is 16.3. The standard InChI is InChI=1S/C28H24ClFN6O3/c1-32-18-8-17(30)22(29)20-21-24(35-7-6-28(12-35)9-19(28)31)16(10-33-25(21)34-23(18)20)13-2-3-14-4-5-15(27(38)39)26(37)36(14)11-13/h2-5,8,10-11,19,32H,6-7,9,12,31H2,1H3,(H,33,34)(H,38,39)/t19-,28-/m0/s1. The van der Waals surface area contributed by atoms with E-state index in [1.165, 1.54) is 16.5 Å². The van der Waals surface area contributed by atoms with Gasteiger partial charge in [0.25, 0.3) is 5.56 Å².